The number of hydrogen-bond acceptors (Lipinski definition) is 5. The lowest BCUT2D eigenvalue weighted by atomic mass is 9.98. The van der Waals surface area contributed by atoms with Gasteiger partial charge in [0.15, 0.2) is 11.5 Å². The lowest BCUT2D eigenvalue weighted by molar-refractivity contribution is 0.0697. The van der Waals surface area contributed by atoms with Crippen LogP contribution < -0.4 is 14.4 Å². The monoisotopic (exact) mass is 408 g/mol. The fourth-order valence-corrected chi connectivity index (χ4v) is 3.70. The zero-order chi connectivity index (χ0) is 21.3. The molecule has 4 rings (SSSR count). The van der Waals surface area contributed by atoms with Gasteiger partial charge in [-0.3, -0.25) is 0 Å². The zero-order valence-corrected chi connectivity index (χ0v) is 16.7. The lowest BCUT2D eigenvalue weighted by Gasteiger charge is -2.31. The number of nitrogens with zero attached hydrogens (tertiary/aromatic N) is 2. The Kier molecular flexibility index (Phi) is 5.27. The van der Waals surface area contributed by atoms with Crippen LogP contribution in [0.15, 0.2) is 48.5 Å². The van der Waals surface area contributed by atoms with Gasteiger partial charge >= 0.3 is 5.97 Å². The predicted molar refractivity (Wildman–Crippen MR) is 111 cm³/mol. The largest absolute Gasteiger partial charge is 0.493 e. The highest BCUT2D eigenvalue weighted by atomic mass is 19.1. The van der Waals surface area contributed by atoms with Crippen molar-refractivity contribution in [2.24, 2.45) is 0 Å². The molecule has 0 atom stereocenters. The maximum Gasteiger partial charge on any atom is 0.339 e. The Bertz CT molecular complexity index is 1100. The van der Waals surface area contributed by atoms with Gasteiger partial charge in [-0.05, 0) is 66.1 Å². The number of halogens is 1. The van der Waals surface area contributed by atoms with Crippen molar-refractivity contribution >= 4 is 11.8 Å². The zero-order valence-electron chi connectivity index (χ0n) is 16.7. The summed E-state index contributed by atoms with van der Waals surface area (Å²) in [5.74, 6) is 0.320. The van der Waals surface area contributed by atoms with E-state index in [1.54, 1.807) is 38.5 Å². The van der Waals surface area contributed by atoms with E-state index in [1.165, 1.54) is 12.1 Å². The van der Waals surface area contributed by atoms with Gasteiger partial charge in [0.25, 0.3) is 0 Å². The summed E-state index contributed by atoms with van der Waals surface area (Å²) in [4.78, 5) is 18.4. The number of aromatic nitrogens is 1. The van der Waals surface area contributed by atoms with Crippen LogP contribution in [0.4, 0.5) is 10.2 Å². The average Bonchev–Trinajstić information content (AvgIpc) is 2.77. The third-order valence-corrected chi connectivity index (χ3v) is 5.26. The van der Waals surface area contributed by atoms with Gasteiger partial charge in [0.1, 0.15) is 17.2 Å². The van der Waals surface area contributed by atoms with E-state index in [2.05, 4.69) is 4.98 Å². The highest BCUT2D eigenvalue weighted by Gasteiger charge is 2.24. The molecule has 6 nitrogen and oxygen atoms in total. The Morgan fingerprint density at radius 1 is 1.03 bits per heavy atom. The Morgan fingerprint density at radius 2 is 1.70 bits per heavy atom. The maximum atomic E-state index is 13.3. The van der Waals surface area contributed by atoms with Crippen molar-refractivity contribution < 1.29 is 23.8 Å². The molecule has 0 fully saturated rings. The summed E-state index contributed by atoms with van der Waals surface area (Å²) in [5.41, 5.74) is 3.61. The maximum absolute atomic E-state index is 13.3. The molecule has 0 spiro atoms. The van der Waals surface area contributed by atoms with Crippen molar-refractivity contribution in [1.29, 1.82) is 0 Å². The van der Waals surface area contributed by atoms with Crippen molar-refractivity contribution in [2.45, 2.75) is 13.0 Å². The first-order chi connectivity index (χ1) is 14.5. The second-order valence-electron chi connectivity index (χ2n) is 7.03. The molecule has 2 aromatic carbocycles. The number of anilines is 1. The molecular weight excluding hydrogens is 387 g/mol. The number of rotatable bonds is 5. The summed E-state index contributed by atoms with van der Waals surface area (Å²) in [6.45, 7) is 1.11. The molecule has 1 N–H and O–H groups in total. The fraction of sp³-hybridized carbons (Fsp3) is 0.217. The van der Waals surface area contributed by atoms with Crippen molar-refractivity contribution in [2.75, 3.05) is 25.7 Å². The van der Waals surface area contributed by atoms with Gasteiger partial charge in [-0.1, -0.05) is 0 Å². The topological polar surface area (TPSA) is 71.9 Å². The molecule has 0 unspecified atom stereocenters. The van der Waals surface area contributed by atoms with E-state index in [0.29, 0.717) is 36.1 Å². The van der Waals surface area contributed by atoms with E-state index in [-0.39, 0.29) is 11.4 Å². The van der Waals surface area contributed by atoms with Gasteiger partial charge in [0.2, 0.25) is 0 Å². The second kappa shape index (κ2) is 8.02. The van der Waals surface area contributed by atoms with Gasteiger partial charge in [-0.25, -0.2) is 14.2 Å². The third-order valence-electron chi connectivity index (χ3n) is 5.26. The first kappa shape index (κ1) is 19.7. The molecule has 154 valence electrons. The summed E-state index contributed by atoms with van der Waals surface area (Å²) in [6, 6.07) is 13.1. The Hall–Kier alpha value is -3.61. The normalized spacial score (nSPS) is 13.0. The van der Waals surface area contributed by atoms with Gasteiger partial charge < -0.3 is 19.5 Å². The van der Waals surface area contributed by atoms with Crippen LogP contribution in [-0.4, -0.2) is 36.8 Å². The first-order valence-corrected chi connectivity index (χ1v) is 9.49. The molecule has 2 heterocycles. The number of carboxylic acid groups (broad SMARTS) is 1. The molecule has 3 aromatic rings. The van der Waals surface area contributed by atoms with E-state index in [0.717, 1.165) is 23.1 Å². The van der Waals surface area contributed by atoms with Gasteiger partial charge in [-0.2, -0.15) is 0 Å². The molecule has 0 bridgehead atoms. The standard InChI is InChI=1S/C23H21FN2O4/c1-29-20-11-15-9-10-26(13-16(15)12-21(20)30-2)22-18(23(27)28)7-8-19(25-22)14-3-5-17(24)6-4-14/h3-8,11-12H,9-10,13H2,1-2H3,(H,27,28). The van der Waals surface area contributed by atoms with Gasteiger partial charge in [0.05, 0.1) is 19.9 Å². The van der Waals surface area contributed by atoms with Crippen LogP contribution in [0.1, 0.15) is 21.5 Å². The number of hydrogen-bond donors (Lipinski definition) is 1. The molecule has 0 saturated carbocycles. The number of fused-ring (bicyclic) bond motifs is 1. The molecule has 0 amide bonds. The summed E-state index contributed by atoms with van der Waals surface area (Å²) < 4.78 is 24.1. The quantitative estimate of drug-likeness (QED) is 0.683. The first-order valence-electron chi connectivity index (χ1n) is 9.49. The number of aromatic carboxylic acids is 1. The van der Waals surface area contributed by atoms with E-state index >= 15 is 0 Å². The van der Waals surface area contributed by atoms with Crippen LogP contribution in [0.25, 0.3) is 11.3 Å². The molecule has 1 aromatic heterocycles. The minimum atomic E-state index is -1.04. The molecule has 7 heteroatoms. The molecule has 0 saturated heterocycles. The number of benzene rings is 2. The molecule has 0 aliphatic carbocycles. The lowest BCUT2D eigenvalue weighted by Crippen LogP contribution is -2.32. The van der Waals surface area contributed by atoms with Crippen molar-refractivity contribution in [3.8, 4) is 22.8 Å². The minimum Gasteiger partial charge on any atom is -0.493 e. The Morgan fingerprint density at radius 3 is 2.33 bits per heavy atom. The van der Waals surface area contributed by atoms with Crippen LogP contribution in [0.3, 0.4) is 0 Å². The summed E-state index contributed by atoms with van der Waals surface area (Å²) in [7, 11) is 3.18. The second-order valence-corrected chi connectivity index (χ2v) is 7.03. The van der Waals surface area contributed by atoms with Crippen LogP contribution >= 0.6 is 0 Å². The summed E-state index contributed by atoms with van der Waals surface area (Å²) in [5, 5.41) is 9.69. The Balaban J connectivity index is 1.73. The number of carboxylic acids is 1. The van der Waals surface area contributed by atoms with Crippen molar-refractivity contribution in [3.63, 3.8) is 0 Å². The van der Waals surface area contributed by atoms with Crippen LogP contribution in [-0.2, 0) is 13.0 Å². The number of pyridine rings is 1. The van der Waals surface area contributed by atoms with Gasteiger partial charge in [0, 0.05) is 18.7 Å². The smallest absolute Gasteiger partial charge is 0.339 e. The average molecular weight is 408 g/mol. The molecule has 30 heavy (non-hydrogen) atoms. The van der Waals surface area contributed by atoms with Crippen LogP contribution in [0.2, 0.25) is 0 Å². The number of methoxy groups -OCH3 is 2. The SMILES string of the molecule is COc1cc2c(cc1OC)CN(c1nc(-c3ccc(F)cc3)ccc1C(=O)O)CC2. The summed E-state index contributed by atoms with van der Waals surface area (Å²) >= 11 is 0. The molecule has 1 aliphatic heterocycles. The van der Waals surface area contributed by atoms with Crippen molar-refractivity contribution in [1.82, 2.24) is 4.98 Å². The van der Waals surface area contributed by atoms with Crippen LogP contribution in [0, 0.1) is 5.82 Å². The van der Waals surface area contributed by atoms with E-state index in [9.17, 15) is 14.3 Å². The van der Waals surface area contributed by atoms with E-state index in [1.807, 2.05) is 17.0 Å². The molecule has 0 radical (unpaired) electrons. The van der Waals surface area contributed by atoms with E-state index in [4.69, 9.17) is 9.47 Å². The minimum absolute atomic E-state index is 0.129. The van der Waals surface area contributed by atoms with Crippen LogP contribution in [0.5, 0.6) is 11.5 Å². The molecule has 1 aliphatic rings. The fourth-order valence-electron chi connectivity index (χ4n) is 3.70. The number of ether oxygens (including phenoxy) is 2. The highest BCUT2D eigenvalue weighted by Crippen LogP contribution is 2.35. The third kappa shape index (κ3) is 3.66. The van der Waals surface area contributed by atoms with Gasteiger partial charge in [-0.15, -0.1) is 0 Å². The van der Waals surface area contributed by atoms with E-state index < -0.39 is 5.97 Å². The Labute approximate surface area is 173 Å². The molecular formula is C23H21FN2O4. The summed E-state index contributed by atoms with van der Waals surface area (Å²) in [6.07, 6.45) is 0.719. The van der Waals surface area contributed by atoms with Crippen molar-refractivity contribution in [3.05, 3.63) is 71.0 Å². The highest BCUT2D eigenvalue weighted by molar-refractivity contribution is 5.94. The predicted octanol–water partition coefficient (Wildman–Crippen LogP) is 4.17. The number of carbonyl (C=O) groups is 1.